The van der Waals surface area contributed by atoms with E-state index in [1.54, 1.807) is 22.9 Å². The summed E-state index contributed by atoms with van der Waals surface area (Å²) < 4.78 is 2.63. The summed E-state index contributed by atoms with van der Waals surface area (Å²) in [6.45, 7) is 0. The van der Waals surface area contributed by atoms with Crippen LogP contribution in [0.2, 0.25) is 5.02 Å². The Bertz CT molecular complexity index is 774. The van der Waals surface area contributed by atoms with Gasteiger partial charge in [0.15, 0.2) is 0 Å². The van der Waals surface area contributed by atoms with Crippen molar-refractivity contribution in [3.05, 3.63) is 62.3 Å². The van der Waals surface area contributed by atoms with Crippen LogP contribution in [-0.2, 0) is 0 Å². The Kier molecular flexibility index (Phi) is 2.76. The van der Waals surface area contributed by atoms with Crippen LogP contribution in [-0.4, -0.2) is 9.78 Å². The zero-order valence-corrected chi connectivity index (χ0v) is 11.5. The number of aromatic nitrogens is 2. The first-order valence-electron chi connectivity index (χ1n) is 5.31. The molecule has 0 spiro atoms. The lowest BCUT2D eigenvalue weighted by molar-refractivity contribution is 0.891. The molecule has 1 N–H and O–H groups in total. The molecule has 0 unspecified atom stereocenters. The van der Waals surface area contributed by atoms with Crippen molar-refractivity contribution < 1.29 is 0 Å². The highest BCUT2D eigenvalue weighted by Crippen LogP contribution is 2.20. The van der Waals surface area contributed by atoms with Crippen molar-refractivity contribution in [2.75, 3.05) is 0 Å². The number of hydrogen-bond acceptors (Lipinski definition) is 1. The summed E-state index contributed by atoms with van der Waals surface area (Å²) in [7, 11) is 0. The smallest absolute Gasteiger partial charge is 0.267 e. The minimum Gasteiger partial charge on any atom is -0.267 e. The molecule has 0 saturated carbocycles. The van der Waals surface area contributed by atoms with Gasteiger partial charge in [-0.2, -0.15) is 0 Å². The minimum atomic E-state index is -0.110. The van der Waals surface area contributed by atoms with Crippen molar-refractivity contribution in [1.82, 2.24) is 9.78 Å². The number of nitrogens with zero attached hydrogens (tertiary/aromatic N) is 1. The number of rotatable bonds is 1. The second-order valence-electron chi connectivity index (χ2n) is 3.91. The molecule has 90 valence electrons. The van der Waals surface area contributed by atoms with Crippen LogP contribution in [0.15, 0.2) is 51.7 Å². The minimum absolute atomic E-state index is 0.110. The predicted octanol–water partition coefficient (Wildman–Crippen LogP) is 3.73. The molecule has 3 aromatic rings. The topological polar surface area (TPSA) is 37.8 Å². The van der Waals surface area contributed by atoms with Crippen molar-refractivity contribution in [3.8, 4) is 5.69 Å². The maximum atomic E-state index is 11.9. The molecule has 18 heavy (non-hydrogen) atoms. The Morgan fingerprint density at radius 3 is 2.56 bits per heavy atom. The maximum absolute atomic E-state index is 11.9. The van der Waals surface area contributed by atoms with Gasteiger partial charge in [0.05, 0.1) is 16.6 Å². The van der Waals surface area contributed by atoms with Gasteiger partial charge in [0.1, 0.15) is 0 Å². The Morgan fingerprint density at radius 2 is 1.83 bits per heavy atom. The van der Waals surface area contributed by atoms with E-state index in [0.29, 0.717) is 10.4 Å². The zero-order valence-electron chi connectivity index (χ0n) is 9.15. The monoisotopic (exact) mass is 322 g/mol. The fourth-order valence-electron chi connectivity index (χ4n) is 1.90. The molecule has 0 fully saturated rings. The van der Waals surface area contributed by atoms with E-state index < -0.39 is 0 Å². The van der Waals surface area contributed by atoms with Crippen LogP contribution in [0.3, 0.4) is 0 Å². The van der Waals surface area contributed by atoms with Crippen molar-refractivity contribution in [2.24, 2.45) is 0 Å². The van der Waals surface area contributed by atoms with Crippen molar-refractivity contribution in [1.29, 1.82) is 0 Å². The Hall–Kier alpha value is -1.52. The van der Waals surface area contributed by atoms with Gasteiger partial charge in [0.2, 0.25) is 0 Å². The van der Waals surface area contributed by atoms with Crippen LogP contribution in [0.4, 0.5) is 0 Å². The molecule has 1 heterocycles. The predicted molar refractivity (Wildman–Crippen MR) is 76.6 cm³/mol. The fraction of sp³-hybridized carbons (Fsp3) is 0. The van der Waals surface area contributed by atoms with E-state index in [2.05, 4.69) is 21.0 Å². The molecular weight excluding hydrogens is 316 g/mol. The van der Waals surface area contributed by atoms with Crippen molar-refractivity contribution >= 4 is 38.4 Å². The SMILES string of the molecule is O=c1[nH]n(-c2ccc(Cl)cc2)c2ccc(Br)cc12. The van der Waals surface area contributed by atoms with Crippen LogP contribution < -0.4 is 5.56 Å². The molecule has 0 bridgehead atoms. The molecular formula is C13H8BrClN2O. The third-order valence-corrected chi connectivity index (χ3v) is 3.49. The average Bonchev–Trinajstić information content (AvgIpc) is 2.68. The number of H-pyrrole nitrogens is 1. The summed E-state index contributed by atoms with van der Waals surface area (Å²) in [5, 5.41) is 4.13. The number of hydrogen-bond donors (Lipinski definition) is 1. The Morgan fingerprint density at radius 1 is 1.11 bits per heavy atom. The molecule has 3 rings (SSSR count). The van der Waals surface area contributed by atoms with Crippen LogP contribution in [0.1, 0.15) is 0 Å². The first-order chi connectivity index (χ1) is 8.65. The van der Waals surface area contributed by atoms with Gasteiger partial charge < -0.3 is 0 Å². The lowest BCUT2D eigenvalue weighted by atomic mass is 10.2. The van der Waals surface area contributed by atoms with Crippen LogP contribution in [0, 0.1) is 0 Å². The normalized spacial score (nSPS) is 11.0. The van der Waals surface area contributed by atoms with Gasteiger partial charge in [-0.1, -0.05) is 27.5 Å². The number of halogens is 2. The lowest BCUT2D eigenvalue weighted by Gasteiger charge is -2.04. The van der Waals surface area contributed by atoms with Crippen LogP contribution >= 0.6 is 27.5 Å². The summed E-state index contributed by atoms with van der Waals surface area (Å²) in [5.41, 5.74) is 1.60. The quantitative estimate of drug-likeness (QED) is 0.728. The lowest BCUT2D eigenvalue weighted by Crippen LogP contribution is -2.03. The largest absolute Gasteiger partial charge is 0.272 e. The highest BCUT2D eigenvalue weighted by Gasteiger charge is 2.08. The summed E-state index contributed by atoms with van der Waals surface area (Å²) in [6.07, 6.45) is 0. The van der Waals surface area contributed by atoms with Crippen molar-refractivity contribution in [3.63, 3.8) is 0 Å². The molecule has 0 radical (unpaired) electrons. The third-order valence-electron chi connectivity index (χ3n) is 2.74. The van der Waals surface area contributed by atoms with Crippen LogP contribution in [0.5, 0.6) is 0 Å². The molecule has 5 heteroatoms. The van der Waals surface area contributed by atoms with E-state index in [9.17, 15) is 4.79 Å². The number of benzene rings is 2. The molecule has 0 aliphatic heterocycles. The van der Waals surface area contributed by atoms with E-state index in [4.69, 9.17) is 11.6 Å². The molecule has 0 amide bonds. The Labute approximate surface area is 116 Å². The van der Waals surface area contributed by atoms with Crippen LogP contribution in [0.25, 0.3) is 16.6 Å². The van der Waals surface area contributed by atoms with Gasteiger partial charge in [-0.05, 0) is 42.5 Å². The summed E-state index contributed by atoms with van der Waals surface area (Å²) in [4.78, 5) is 11.9. The molecule has 2 aromatic carbocycles. The Balaban J connectivity index is 2.30. The van der Waals surface area contributed by atoms with Gasteiger partial charge in [-0.3, -0.25) is 14.6 Å². The fourth-order valence-corrected chi connectivity index (χ4v) is 2.39. The number of fused-ring (bicyclic) bond motifs is 1. The maximum Gasteiger partial charge on any atom is 0.272 e. The molecule has 1 aromatic heterocycles. The zero-order chi connectivity index (χ0) is 12.7. The summed E-state index contributed by atoms with van der Waals surface area (Å²) >= 11 is 9.22. The van der Waals surface area contributed by atoms with Crippen molar-refractivity contribution in [2.45, 2.75) is 0 Å². The highest BCUT2D eigenvalue weighted by molar-refractivity contribution is 9.10. The molecule has 3 nitrogen and oxygen atoms in total. The van der Waals surface area contributed by atoms with Gasteiger partial charge in [0.25, 0.3) is 5.56 Å². The van der Waals surface area contributed by atoms with Gasteiger partial charge >= 0.3 is 0 Å². The first-order valence-corrected chi connectivity index (χ1v) is 6.48. The average molecular weight is 324 g/mol. The number of nitrogens with one attached hydrogen (secondary N) is 1. The van der Waals surface area contributed by atoms with E-state index in [1.807, 2.05) is 24.3 Å². The molecule has 0 atom stereocenters. The summed E-state index contributed by atoms with van der Waals surface area (Å²) in [6, 6.07) is 12.9. The third kappa shape index (κ3) is 1.87. The highest BCUT2D eigenvalue weighted by atomic mass is 79.9. The molecule has 0 aliphatic carbocycles. The van der Waals surface area contributed by atoms with Gasteiger partial charge in [0, 0.05) is 9.50 Å². The first kappa shape index (κ1) is 11.6. The van der Waals surface area contributed by atoms with E-state index >= 15 is 0 Å². The van der Waals surface area contributed by atoms with Gasteiger partial charge in [-0.15, -0.1) is 0 Å². The second-order valence-corrected chi connectivity index (χ2v) is 5.27. The standard InChI is InChI=1S/C13H8BrClN2O/c14-8-1-6-12-11(7-8)13(18)16-17(12)10-4-2-9(15)3-5-10/h1-7H,(H,16,18). The van der Waals surface area contributed by atoms with E-state index in [-0.39, 0.29) is 5.56 Å². The van der Waals surface area contributed by atoms with E-state index in [1.165, 1.54) is 0 Å². The number of aromatic amines is 1. The summed E-state index contributed by atoms with van der Waals surface area (Å²) in [5.74, 6) is 0. The molecule has 0 aliphatic rings. The second kappa shape index (κ2) is 4.30. The molecule has 0 saturated heterocycles. The van der Waals surface area contributed by atoms with E-state index in [0.717, 1.165) is 15.7 Å². The van der Waals surface area contributed by atoms with Gasteiger partial charge in [-0.25, -0.2) is 0 Å².